The van der Waals surface area contributed by atoms with Crippen LogP contribution in [0.1, 0.15) is 239 Å². The van der Waals surface area contributed by atoms with Gasteiger partial charge < -0.3 is 20.3 Å². The van der Waals surface area contributed by atoms with Crippen LogP contribution in [0.3, 0.4) is 0 Å². The molecule has 0 aromatic rings. The third kappa shape index (κ3) is 45.4. The summed E-state index contributed by atoms with van der Waals surface area (Å²) < 4.78 is 5.89. The molecule has 3 N–H and O–H groups in total. The number of hydrogen-bond acceptors (Lipinski definition) is 5. The van der Waals surface area contributed by atoms with Crippen molar-refractivity contribution in [3.05, 3.63) is 85.1 Å². The summed E-state index contributed by atoms with van der Waals surface area (Å²) in [6, 6.07) is -0.729. The summed E-state index contributed by atoms with van der Waals surface area (Å²) in [6.07, 6.45) is 65.1. The van der Waals surface area contributed by atoms with Crippen molar-refractivity contribution in [2.24, 2.45) is 0 Å². The van der Waals surface area contributed by atoms with Gasteiger partial charge in [-0.15, -0.1) is 0 Å². The summed E-state index contributed by atoms with van der Waals surface area (Å²) >= 11 is 0. The van der Waals surface area contributed by atoms with Crippen molar-refractivity contribution in [1.82, 2.24) is 5.32 Å². The number of aliphatic hydroxyl groups excluding tert-OH is 2. The van der Waals surface area contributed by atoms with Gasteiger partial charge in [-0.3, -0.25) is 9.59 Å². The number of carbonyl (C=O) groups excluding carboxylic acids is 2. The molecule has 0 aromatic carbocycles. The minimum Gasteiger partial charge on any atom is -0.462 e. The molecule has 1 amide bonds. The molecule has 0 aliphatic carbocycles. The van der Waals surface area contributed by atoms with E-state index in [4.69, 9.17) is 4.74 Å². The number of rotatable bonds is 46. The van der Waals surface area contributed by atoms with Gasteiger partial charge in [0.2, 0.25) is 5.91 Å². The highest BCUT2D eigenvalue weighted by atomic mass is 16.5. The van der Waals surface area contributed by atoms with E-state index in [2.05, 4.69) is 74.7 Å². The van der Waals surface area contributed by atoms with Crippen LogP contribution in [0, 0.1) is 0 Å². The normalized spacial score (nSPS) is 13.9. The highest BCUT2D eigenvalue weighted by Crippen LogP contribution is 2.17. The Balaban J connectivity index is 4.56. The quantitative estimate of drug-likeness (QED) is 0.0245. The molecule has 0 aliphatic heterocycles. The Bertz CT molecular complexity index is 1210. The largest absolute Gasteiger partial charge is 0.462 e. The predicted molar refractivity (Wildman–Crippen MR) is 273 cm³/mol. The first kappa shape index (κ1) is 60.0. The molecule has 362 valence electrons. The second-order valence-electron chi connectivity index (χ2n) is 17.6. The van der Waals surface area contributed by atoms with Gasteiger partial charge in [0.05, 0.1) is 25.2 Å². The number of allylic oxidation sites excluding steroid dienone is 14. The van der Waals surface area contributed by atoms with Crippen molar-refractivity contribution in [3.63, 3.8) is 0 Å². The maximum atomic E-state index is 13.2. The van der Waals surface area contributed by atoms with E-state index in [9.17, 15) is 19.8 Å². The van der Waals surface area contributed by atoms with Crippen LogP contribution in [0.2, 0.25) is 0 Å². The number of hydrogen-bond donors (Lipinski definition) is 3. The molecule has 3 unspecified atom stereocenters. The molecule has 6 heteroatoms. The van der Waals surface area contributed by atoms with Crippen LogP contribution in [0.5, 0.6) is 0 Å². The minimum atomic E-state index is -0.811. The SMILES string of the molecule is CC/C=C/C=C/C=C\C=C/CCCC(CC(=O)NC(CO)C(O)CCCCCCCCCCCCCCCCCCC)OC(=O)CCCCCCCC/C=C/C/C=C/C/C=C/CC. The molecule has 0 spiro atoms. The molecule has 0 radical (unpaired) electrons. The Kier molecular flexibility index (Phi) is 47.7. The van der Waals surface area contributed by atoms with Gasteiger partial charge in [0.25, 0.3) is 0 Å². The first-order valence-corrected chi connectivity index (χ1v) is 26.4. The zero-order chi connectivity index (χ0) is 45.9. The van der Waals surface area contributed by atoms with Gasteiger partial charge in [-0.25, -0.2) is 0 Å². The van der Waals surface area contributed by atoms with Gasteiger partial charge in [0, 0.05) is 6.42 Å². The summed E-state index contributed by atoms with van der Waals surface area (Å²) in [5.74, 6) is -0.560. The van der Waals surface area contributed by atoms with E-state index < -0.39 is 18.2 Å². The van der Waals surface area contributed by atoms with E-state index in [-0.39, 0.29) is 24.9 Å². The van der Waals surface area contributed by atoms with Gasteiger partial charge in [-0.1, -0.05) is 241 Å². The average molecular weight is 878 g/mol. The Morgan fingerprint density at radius 2 is 0.952 bits per heavy atom. The van der Waals surface area contributed by atoms with Crippen molar-refractivity contribution >= 4 is 11.9 Å². The monoisotopic (exact) mass is 878 g/mol. The van der Waals surface area contributed by atoms with Gasteiger partial charge in [0.1, 0.15) is 6.10 Å². The molecule has 6 nitrogen and oxygen atoms in total. The highest BCUT2D eigenvalue weighted by molar-refractivity contribution is 5.77. The lowest BCUT2D eigenvalue weighted by Crippen LogP contribution is -2.46. The van der Waals surface area contributed by atoms with Crippen molar-refractivity contribution in [1.29, 1.82) is 0 Å². The van der Waals surface area contributed by atoms with Crippen LogP contribution in [0.15, 0.2) is 85.1 Å². The first-order chi connectivity index (χ1) is 31.0. The molecule has 63 heavy (non-hydrogen) atoms. The van der Waals surface area contributed by atoms with E-state index in [1.54, 1.807) is 0 Å². The maximum absolute atomic E-state index is 13.2. The number of carbonyl (C=O) groups is 2. The third-order valence-electron chi connectivity index (χ3n) is 11.6. The van der Waals surface area contributed by atoms with E-state index >= 15 is 0 Å². The van der Waals surface area contributed by atoms with E-state index in [1.165, 1.54) is 109 Å². The number of unbranched alkanes of at least 4 members (excludes halogenated alkanes) is 23. The fourth-order valence-corrected chi connectivity index (χ4v) is 7.64. The van der Waals surface area contributed by atoms with Crippen molar-refractivity contribution in [2.45, 2.75) is 257 Å². The Morgan fingerprint density at radius 1 is 0.492 bits per heavy atom. The van der Waals surface area contributed by atoms with E-state index in [0.717, 1.165) is 83.5 Å². The molecule has 0 rings (SSSR count). The van der Waals surface area contributed by atoms with E-state index in [1.807, 2.05) is 36.5 Å². The Morgan fingerprint density at radius 3 is 1.51 bits per heavy atom. The lowest BCUT2D eigenvalue weighted by atomic mass is 10.0. The predicted octanol–water partition coefficient (Wildman–Crippen LogP) is 16.0. The summed E-state index contributed by atoms with van der Waals surface area (Å²) in [4.78, 5) is 26.1. The summed E-state index contributed by atoms with van der Waals surface area (Å²) in [7, 11) is 0. The standard InChI is InChI=1S/C57H99NO5/c1-4-7-10-13-16-19-22-24-26-28-29-31-34-37-40-43-46-49-55(60)54(52-59)58-56(61)51-53(48-45-42-39-36-33-21-18-15-12-9-6-3)63-57(62)50-47-44-41-38-35-32-30-27-25-23-20-17-14-11-8-5-2/h8-9,11-12,15,17-18,20-21,25,27,33,36,39,53-55,59-60H,4-7,10,13-14,16,19,22-24,26,28-32,34-35,37-38,40-52H2,1-3H3,(H,58,61)/b11-8+,12-9+,18-15+,20-17+,27-25+,33-21-,39-36-. The lowest BCUT2D eigenvalue weighted by Gasteiger charge is -2.24. The van der Waals surface area contributed by atoms with Crippen LogP contribution in [-0.4, -0.2) is 46.9 Å². The number of nitrogens with one attached hydrogen (secondary N) is 1. The topological polar surface area (TPSA) is 95.9 Å². The summed E-state index contributed by atoms with van der Waals surface area (Å²) in [5, 5.41) is 23.8. The smallest absolute Gasteiger partial charge is 0.306 e. The van der Waals surface area contributed by atoms with Crippen LogP contribution in [-0.2, 0) is 14.3 Å². The average Bonchev–Trinajstić information content (AvgIpc) is 3.28. The molecular formula is C57H99NO5. The molecule has 3 atom stereocenters. The fourth-order valence-electron chi connectivity index (χ4n) is 7.64. The summed E-state index contributed by atoms with van der Waals surface area (Å²) in [6.45, 7) is 6.21. The van der Waals surface area contributed by atoms with Crippen LogP contribution < -0.4 is 5.32 Å². The van der Waals surface area contributed by atoms with Crippen molar-refractivity contribution in [3.8, 4) is 0 Å². The van der Waals surface area contributed by atoms with Crippen LogP contribution in [0.25, 0.3) is 0 Å². The van der Waals surface area contributed by atoms with Gasteiger partial charge in [-0.05, 0) is 70.6 Å². The van der Waals surface area contributed by atoms with Crippen molar-refractivity contribution in [2.75, 3.05) is 6.61 Å². The second-order valence-corrected chi connectivity index (χ2v) is 17.6. The molecule has 0 aliphatic rings. The fraction of sp³-hybridized carbons (Fsp3) is 0.719. The number of esters is 1. The maximum Gasteiger partial charge on any atom is 0.306 e. The van der Waals surface area contributed by atoms with Crippen LogP contribution in [0.4, 0.5) is 0 Å². The molecular weight excluding hydrogens is 779 g/mol. The number of aliphatic hydroxyl groups is 2. The minimum absolute atomic E-state index is 0.0226. The molecule has 0 saturated heterocycles. The molecule has 0 fully saturated rings. The van der Waals surface area contributed by atoms with E-state index in [0.29, 0.717) is 19.3 Å². The van der Waals surface area contributed by atoms with Crippen LogP contribution >= 0.6 is 0 Å². The molecule has 0 saturated carbocycles. The summed E-state index contributed by atoms with van der Waals surface area (Å²) in [5.41, 5.74) is 0. The van der Waals surface area contributed by atoms with Gasteiger partial charge >= 0.3 is 5.97 Å². The first-order valence-electron chi connectivity index (χ1n) is 26.4. The zero-order valence-electron chi connectivity index (χ0n) is 41.2. The molecule has 0 bridgehead atoms. The van der Waals surface area contributed by atoms with Gasteiger partial charge in [0.15, 0.2) is 0 Å². The Hall–Kier alpha value is -2.96. The van der Waals surface area contributed by atoms with Crippen molar-refractivity contribution < 1.29 is 24.5 Å². The molecule has 0 aromatic heterocycles. The molecule has 0 heterocycles. The second kappa shape index (κ2) is 50.0. The zero-order valence-corrected chi connectivity index (χ0v) is 41.2. The highest BCUT2D eigenvalue weighted by Gasteiger charge is 2.24. The third-order valence-corrected chi connectivity index (χ3v) is 11.6. The Labute approximate surface area is 389 Å². The lowest BCUT2D eigenvalue weighted by molar-refractivity contribution is -0.151. The number of ether oxygens (including phenoxy) is 1. The van der Waals surface area contributed by atoms with Gasteiger partial charge in [-0.2, -0.15) is 0 Å². The number of amides is 1.